The SMILES string of the molecule is Cc1nn(C2CCCCC2)c2sc(C(=O)NC3CCCC3)cc12.O=C(O)O. The number of carbonyl (C=O) groups is 2. The van der Waals surface area contributed by atoms with Gasteiger partial charge in [0.15, 0.2) is 0 Å². The fraction of sp³-hybridized carbons (Fsp3) is 0.632. The summed E-state index contributed by atoms with van der Waals surface area (Å²) in [4.78, 5) is 23.1. The molecular weight excluding hydrogens is 366 g/mol. The van der Waals surface area contributed by atoms with Crippen LogP contribution in [0.15, 0.2) is 6.07 Å². The molecule has 27 heavy (non-hydrogen) atoms. The van der Waals surface area contributed by atoms with Crippen molar-refractivity contribution in [2.24, 2.45) is 0 Å². The molecule has 0 saturated heterocycles. The van der Waals surface area contributed by atoms with Gasteiger partial charge in [0.25, 0.3) is 5.91 Å². The molecule has 0 aromatic carbocycles. The van der Waals surface area contributed by atoms with Gasteiger partial charge >= 0.3 is 6.16 Å². The van der Waals surface area contributed by atoms with E-state index in [0.717, 1.165) is 28.8 Å². The third-order valence-corrected chi connectivity index (χ3v) is 6.53. The predicted molar refractivity (Wildman–Crippen MR) is 105 cm³/mol. The zero-order valence-corrected chi connectivity index (χ0v) is 16.4. The lowest BCUT2D eigenvalue weighted by Crippen LogP contribution is -2.31. The topological polar surface area (TPSA) is 104 Å². The van der Waals surface area contributed by atoms with Crippen molar-refractivity contribution in [3.05, 3.63) is 16.6 Å². The molecule has 0 aliphatic heterocycles. The molecule has 148 valence electrons. The highest BCUT2D eigenvalue weighted by Gasteiger charge is 2.24. The maximum absolute atomic E-state index is 12.5. The highest BCUT2D eigenvalue weighted by atomic mass is 32.1. The summed E-state index contributed by atoms with van der Waals surface area (Å²) in [5, 5.41) is 23.1. The highest BCUT2D eigenvalue weighted by molar-refractivity contribution is 7.20. The molecule has 2 saturated carbocycles. The van der Waals surface area contributed by atoms with Gasteiger partial charge in [-0.05, 0) is 38.7 Å². The van der Waals surface area contributed by atoms with Gasteiger partial charge < -0.3 is 15.5 Å². The Hall–Kier alpha value is -2.09. The number of hydrogen-bond donors (Lipinski definition) is 3. The summed E-state index contributed by atoms with van der Waals surface area (Å²) in [6.07, 6.45) is 9.29. The molecule has 3 N–H and O–H groups in total. The predicted octanol–water partition coefficient (Wildman–Crippen LogP) is 4.81. The Balaban J connectivity index is 0.000000481. The highest BCUT2D eigenvalue weighted by Crippen LogP contribution is 2.35. The third-order valence-electron chi connectivity index (χ3n) is 5.40. The average Bonchev–Trinajstić information content (AvgIpc) is 3.34. The van der Waals surface area contributed by atoms with Crippen LogP contribution in [0.4, 0.5) is 4.79 Å². The van der Waals surface area contributed by atoms with Gasteiger partial charge in [0.05, 0.1) is 16.6 Å². The summed E-state index contributed by atoms with van der Waals surface area (Å²) in [5.74, 6) is 0.104. The Morgan fingerprint density at radius 1 is 1.11 bits per heavy atom. The summed E-state index contributed by atoms with van der Waals surface area (Å²) >= 11 is 1.62. The fourth-order valence-electron chi connectivity index (χ4n) is 4.08. The lowest BCUT2D eigenvalue weighted by atomic mass is 9.96. The van der Waals surface area contributed by atoms with Gasteiger partial charge in [-0.1, -0.05) is 32.1 Å². The molecule has 8 heteroatoms. The van der Waals surface area contributed by atoms with Crippen molar-refractivity contribution in [3.63, 3.8) is 0 Å². The molecular formula is C19H27N3O4S. The van der Waals surface area contributed by atoms with E-state index >= 15 is 0 Å². The number of carboxylic acid groups (broad SMARTS) is 2. The number of rotatable bonds is 3. The monoisotopic (exact) mass is 393 g/mol. The molecule has 2 aromatic rings. The van der Waals surface area contributed by atoms with Crippen molar-refractivity contribution >= 4 is 33.6 Å². The van der Waals surface area contributed by atoms with Gasteiger partial charge in [-0.15, -0.1) is 11.3 Å². The number of amides is 1. The minimum absolute atomic E-state index is 0.104. The maximum atomic E-state index is 12.5. The van der Waals surface area contributed by atoms with E-state index in [9.17, 15) is 4.79 Å². The van der Waals surface area contributed by atoms with Crippen LogP contribution in [-0.2, 0) is 0 Å². The van der Waals surface area contributed by atoms with E-state index in [1.165, 1.54) is 49.8 Å². The Kier molecular flexibility index (Phi) is 6.36. The molecule has 2 heterocycles. The number of aromatic nitrogens is 2. The van der Waals surface area contributed by atoms with Gasteiger partial charge in [-0.3, -0.25) is 9.48 Å². The minimum atomic E-state index is -1.83. The van der Waals surface area contributed by atoms with Gasteiger partial charge in [-0.25, -0.2) is 4.79 Å². The van der Waals surface area contributed by atoms with Crippen LogP contribution in [0.5, 0.6) is 0 Å². The van der Waals surface area contributed by atoms with Crippen LogP contribution in [0.2, 0.25) is 0 Å². The van der Waals surface area contributed by atoms with Crippen molar-refractivity contribution in [1.29, 1.82) is 0 Å². The van der Waals surface area contributed by atoms with Gasteiger partial charge in [0, 0.05) is 11.4 Å². The Morgan fingerprint density at radius 3 is 2.33 bits per heavy atom. The summed E-state index contributed by atoms with van der Waals surface area (Å²) in [5.41, 5.74) is 1.06. The first kappa shape index (κ1) is 19.7. The van der Waals surface area contributed by atoms with E-state index in [1.54, 1.807) is 11.3 Å². The minimum Gasteiger partial charge on any atom is -0.450 e. The van der Waals surface area contributed by atoms with E-state index < -0.39 is 6.16 Å². The number of aryl methyl sites for hydroxylation is 1. The summed E-state index contributed by atoms with van der Waals surface area (Å²) in [6, 6.07) is 2.94. The van der Waals surface area contributed by atoms with Crippen molar-refractivity contribution < 1.29 is 19.8 Å². The van der Waals surface area contributed by atoms with Crippen LogP contribution in [-0.4, -0.2) is 38.1 Å². The number of nitrogens with zero attached hydrogens (tertiary/aromatic N) is 2. The molecule has 2 fully saturated rings. The number of thiophene rings is 1. The first-order valence-corrected chi connectivity index (χ1v) is 10.5. The van der Waals surface area contributed by atoms with Crippen LogP contribution in [0.25, 0.3) is 10.2 Å². The molecule has 0 bridgehead atoms. The summed E-state index contributed by atoms with van der Waals surface area (Å²) in [7, 11) is 0. The second-order valence-electron chi connectivity index (χ2n) is 7.39. The van der Waals surface area contributed by atoms with Crippen LogP contribution in [0, 0.1) is 6.92 Å². The van der Waals surface area contributed by atoms with Gasteiger partial charge in [-0.2, -0.15) is 5.10 Å². The third kappa shape index (κ3) is 4.80. The van der Waals surface area contributed by atoms with Gasteiger partial charge in [0.1, 0.15) is 4.83 Å². The molecule has 1 amide bonds. The Morgan fingerprint density at radius 2 is 1.70 bits per heavy atom. The van der Waals surface area contributed by atoms with Crippen LogP contribution >= 0.6 is 11.3 Å². The number of carbonyl (C=O) groups excluding carboxylic acids is 1. The standard InChI is InChI=1S/C18H25N3OS.CH2O3/c1-12-15-11-16(17(22)19-13-7-5-6-8-13)23-18(15)21(20-12)14-9-3-2-4-10-14;2-1(3)4/h11,13-14H,2-10H2,1H3,(H,19,22);(H2,2,3,4). The second kappa shape index (κ2) is 8.73. The normalized spacial score (nSPS) is 18.3. The summed E-state index contributed by atoms with van der Waals surface area (Å²) < 4.78 is 2.21. The van der Waals surface area contributed by atoms with Crippen LogP contribution in [0.1, 0.15) is 79.2 Å². The molecule has 2 aliphatic carbocycles. The lowest BCUT2D eigenvalue weighted by molar-refractivity contribution is 0.0941. The molecule has 7 nitrogen and oxygen atoms in total. The maximum Gasteiger partial charge on any atom is 0.503 e. The molecule has 0 atom stereocenters. The zero-order chi connectivity index (χ0) is 19.4. The van der Waals surface area contributed by atoms with E-state index in [2.05, 4.69) is 16.9 Å². The van der Waals surface area contributed by atoms with Gasteiger partial charge in [0.2, 0.25) is 0 Å². The average molecular weight is 394 g/mol. The summed E-state index contributed by atoms with van der Waals surface area (Å²) in [6.45, 7) is 2.06. The van der Waals surface area contributed by atoms with Crippen LogP contribution < -0.4 is 5.32 Å². The van der Waals surface area contributed by atoms with Crippen molar-refractivity contribution in [3.8, 4) is 0 Å². The molecule has 0 unspecified atom stereocenters. The van der Waals surface area contributed by atoms with Crippen molar-refractivity contribution in [1.82, 2.24) is 15.1 Å². The Labute approximate surface area is 162 Å². The first-order chi connectivity index (χ1) is 13.0. The zero-order valence-electron chi connectivity index (χ0n) is 15.6. The first-order valence-electron chi connectivity index (χ1n) is 9.67. The van der Waals surface area contributed by atoms with E-state index in [-0.39, 0.29) is 5.91 Å². The van der Waals surface area contributed by atoms with E-state index in [4.69, 9.17) is 20.1 Å². The fourth-order valence-corrected chi connectivity index (χ4v) is 5.22. The molecule has 0 spiro atoms. The molecule has 0 radical (unpaired) electrons. The van der Waals surface area contributed by atoms with Crippen LogP contribution in [0.3, 0.4) is 0 Å². The Bertz CT molecular complexity index is 797. The van der Waals surface area contributed by atoms with Crippen molar-refractivity contribution in [2.75, 3.05) is 0 Å². The number of fused-ring (bicyclic) bond motifs is 1. The molecule has 2 aromatic heterocycles. The number of nitrogens with one attached hydrogen (secondary N) is 1. The van der Waals surface area contributed by atoms with E-state index in [1.807, 2.05) is 6.07 Å². The quantitative estimate of drug-likeness (QED) is 0.694. The van der Waals surface area contributed by atoms with E-state index in [0.29, 0.717) is 12.1 Å². The molecule has 2 aliphatic rings. The second-order valence-corrected chi connectivity index (χ2v) is 8.42. The lowest BCUT2D eigenvalue weighted by Gasteiger charge is -2.22. The molecule has 4 rings (SSSR count). The number of hydrogen-bond acceptors (Lipinski definition) is 4. The largest absolute Gasteiger partial charge is 0.503 e. The van der Waals surface area contributed by atoms with Crippen molar-refractivity contribution in [2.45, 2.75) is 76.8 Å². The smallest absolute Gasteiger partial charge is 0.450 e.